The number of hydrogen-bond donors (Lipinski definition) is 2. The fourth-order valence-electron chi connectivity index (χ4n) is 0.902. The molecule has 0 saturated carbocycles. The predicted octanol–water partition coefficient (Wildman–Crippen LogP) is -0.614. The molecule has 1 heterocycles. The summed E-state index contributed by atoms with van der Waals surface area (Å²) in [7, 11) is 0. The van der Waals surface area contributed by atoms with Gasteiger partial charge in [0.2, 0.25) is 5.91 Å². The Morgan fingerprint density at radius 1 is 1.69 bits per heavy atom. The van der Waals surface area contributed by atoms with Gasteiger partial charge < -0.3 is 10.3 Å². The van der Waals surface area contributed by atoms with Crippen LogP contribution in [-0.4, -0.2) is 21.5 Å². The van der Waals surface area contributed by atoms with E-state index in [2.05, 4.69) is 4.98 Å². The van der Waals surface area contributed by atoms with E-state index in [4.69, 9.17) is 5.73 Å². The third-order valence-corrected chi connectivity index (χ3v) is 1.50. The van der Waals surface area contributed by atoms with E-state index in [0.717, 1.165) is 0 Å². The Bertz CT molecular complexity index is 331. The molecule has 0 aliphatic rings. The normalized spacial score (nSPS) is 9.62. The van der Waals surface area contributed by atoms with Crippen LogP contribution in [-0.2, 0) is 11.3 Å². The number of hydrogen-bond acceptors (Lipinski definition) is 3. The molecule has 0 unspecified atom stereocenters. The number of rotatable bonds is 2. The van der Waals surface area contributed by atoms with Crippen molar-refractivity contribution in [1.29, 1.82) is 0 Å². The Morgan fingerprint density at radius 2 is 2.38 bits per heavy atom. The second kappa shape index (κ2) is 3.70. The van der Waals surface area contributed by atoms with Crippen LogP contribution in [0.1, 0.15) is 5.82 Å². The second-order valence-electron chi connectivity index (χ2n) is 2.51. The zero-order chi connectivity index (χ0) is 9.84. The molecule has 0 bridgehead atoms. The van der Waals surface area contributed by atoms with Gasteiger partial charge in [-0.15, -0.1) is 0 Å². The second-order valence-corrected chi connectivity index (χ2v) is 2.51. The summed E-state index contributed by atoms with van der Waals surface area (Å²) in [4.78, 5) is 25.2. The first-order valence-corrected chi connectivity index (χ1v) is 3.66. The average Bonchev–Trinajstić information content (AvgIpc) is 2.34. The SMILES string of the molecule is Cc1nccn1CC(=O)NC(N)=O. The van der Waals surface area contributed by atoms with Gasteiger partial charge >= 0.3 is 6.03 Å². The van der Waals surface area contributed by atoms with E-state index in [9.17, 15) is 9.59 Å². The maximum atomic E-state index is 11.0. The van der Waals surface area contributed by atoms with Gasteiger partial charge in [0, 0.05) is 12.4 Å². The molecular weight excluding hydrogens is 172 g/mol. The van der Waals surface area contributed by atoms with Crippen LogP contribution >= 0.6 is 0 Å². The molecular formula is C7H10N4O2. The fraction of sp³-hybridized carbons (Fsp3) is 0.286. The minimum absolute atomic E-state index is 0.0504. The van der Waals surface area contributed by atoms with Crippen LogP contribution in [0.5, 0.6) is 0 Å². The number of primary amides is 1. The molecule has 70 valence electrons. The Balaban J connectivity index is 2.55. The summed E-state index contributed by atoms with van der Waals surface area (Å²) in [6, 6.07) is -0.845. The predicted molar refractivity (Wildman–Crippen MR) is 44.7 cm³/mol. The van der Waals surface area contributed by atoms with Gasteiger partial charge in [-0.25, -0.2) is 9.78 Å². The monoisotopic (exact) mass is 182 g/mol. The Hall–Kier alpha value is -1.85. The molecule has 0 aliphatic carbocycles. The number of nitrogens with one attached hydrogen (secondary N) is 1. The lowest BCUT2D eigenvalue weighted by Crippen LogP contribution is -2.37. The van der Waals surface area contributed by atoms with Crippen LogP contribution in [0, 0.1) is 6.92 Å². The zero-order valence-electron chi connectivity index (χ0n) is 7.15. The molecule has 3 amide bonds. The van der Waals surface area contributed by atoms with Crippen molar-refractivity contribution < 1.29 is 9.59 Å². The van der Waals surface area contributed by atoms with Crippen molar-refractivity contribution >= 4 is 11.9 Å². The van der Waals surface area contributed by atoms with E-state index in [1.807, 2.05) is 5.32 Å². The maximum Gasteiger partial charge on any atom is 0.318 e. The number of nitrogens with two attached hydrogens (primary N) is 1. The van der Waals surface area contributed by atoms with Crippen LogP contribution in [0.25, 0.3) is 0 Å². The number of aryl methyl sites for hydroxylation is 1. The van der Waals surface area contributed by atoms with Gasteiger partial charge in [0.1, 0.15) is 12.4 Å². The van der Waals surface area contributed by atoms with Crippen LogP contribution in [0.15, 0.2) is 12.4 Å². The van der Waals surface area contributed by atoms with Crippen LogP contribution < -0.4 is 11.1 Å². The molecule has 3 N–H and O–H groups in total. The minimum atomic E-state index is -0.845. The highest BCUT2D eigenvalue weighted by Gasteiger charge is 2.05. The molecule has 6 heteroatoms. The van der Waals surface area contributed by atoms with Crippen LogP contribution in [0.3, 0.4) is 0 Å². The van der Waals surface area contributed by atoms with Gasteiger partial charge in [0.25, 0.3) is 0 Å². The van der Waals surface area contributed by atoms with Crippen molar-refractivity contribution in [2.45, 2.75) is 13.5 Å². The summed E-state index contributed by atoms with van der Waals surface area (Å²) in [5, 5.41) is 1.96. The van der Waals surface area contributed by atoms with Crippen molar-refractivity contribution in [3.8, 4) is 0 Å². The van der Waals surface area contributed by atoms with Gasteiger partial charge in [-0.1, -0.05) is 0 Å². The Morgan fingerprint density at radius 3 is 2.85 bits per heavy atom. The summed E-state index contributed by atoms with van der Waals surface area (Å²) in [6.45, 7) is 1.81. The quantitative estimate of drug-likeness (QED) is 0.639. The molecule has 0 atom stereocenters. The fourth-order valence-corrected chi connectivity index (χ4v) is 0.902. The highest BCUT2D eigenvalue weighted by atomic mass is 16.2. The Labute approximate surface area is 74.7 Å². The highest BCUT2D eigenvalue weighted by molar-refractivity contribution is 5.93. The van der Waals surface area contributed by atoms with E-state index < -0.39 is 11.9 Å². The van der Waals surface area contributed by atoms with Crippen molar-refractivity contribution in [2.24, 2.45) is 5.73 Å². The summed E-state index contributed by atoms with van der Waals surface area (Å²) < 4.78 is 1.61. The van der Waals surface area contributed by atoms with E-state index in [0.29, 0.717) is 5.82 Å². The Kier molecular flexibility index (Phi) is 2.63. The molecule has 0 spiro atoms. The number of urea groups is 1. The van der Waals surface area contributed by atoms with Gasteiger partial charge in [-0.3, -0.25) is 10.1 Å². The van der Waals surface area contributed by atoms with Crippen molar-refractivity contribution in [1.82, 2.24) is 14.9 Å². The van der Waals surface area contributed by atoms with E-state index in [1.54, 1.807) is 23.9 Å². The third kappa shape index (κ3) is 2.58. The topological polar surface area (TPSA) is 90.0 Å². The van der Waals surface area contributed by atoms with Crippen LogP contribution in [0.2, 0.25) is 0 Å². The molecule has 0 saturated heterocycles. The molecule has 0 fully saturated rings. The smallest absolute Gasteiger partial charge is 0.318 e. The number of carbonyl (C=O) groups is 2. The van der Waals surface area contributed by atoms with Crippen molar-refractivity contribution in [3.05, 3.63) is 18.2 Å². The van der Waals surface area contributed by atoms with Crippen LogP contribution in [0.4, 0.5) is 4.79 Å². The molecule has 0 aliphatic heterocycles. The average molecular weight is 182 g/mol. The lowest BCUT2D eigenvalue weighted by molar-refractivity contribution is -0.120. The summed E-state index contributed by atoms with van der Waals surface area (Å²) in [6.07, 6.45) is 3.22. The first-order chi connectivity index (χ1) is 6.09. The maximum absolute atomic E-state index is 11.0. The van der Waals surface area contributed by atoms with Gasteiger partial charge in [0.15, 0.2) is 0 Å². The van der Waals surface area contributed by atoms with E-state index in [1.165, 1.54) is 0 Å². The number of amides is 3. The largest absolute Gasteiger partial charge is 0.351 e. The number of imidazole rings is 1. The van der Waals surface area contributed by atoms with E-state index >= 15 is 0 Å². The first-order valence-electron chi connectivity index (χ1n) is 3.66. The molecule has 0 radical (unpaired) electrons. The van der Waals surface area contributed by atoms with Gasteiger partial charge in [0.05, 0.1) is 0 Å². The number of carbonyl (C=O) groups excluding carboxylic acids is 2. The molecule has 0 aromatic carbocycles. The lowest BCUT2D eigenvalue weighted by atomic mass is 10.5. The molecule has 1 rings (SSSR count). The van der Waals surface area contributed by atoms with Crippen molar-refractivity contribution in [3.63, 3.8) is 0 Å². The van der Waals surface area contributed by atoms with Crippen molar-refractivity contribution in [2.75, 3.05) is 0 Å². The lowest BCUT2D eigenvalue weighted by Gasteiger charge is -2.03. The zero-order valence-corrected chi connectivity index (χ0v) is 7.15. The number of aromatic nitrogens is 2. The number of nitrogens with zero attached hydrogens (tertiary/aromatic N) is 2. The van der Waals surface area contributed by atoms with Gasteiger partial charge in [-0.2, -0.15) is 0 Å². The van der Waals surface area contributed by atoms with Gasteiger partial charge in [-0.05, 0) is 6.92 Å². The summed E-state index contributed by atoms with van der Waals surface area (Å²) in [5.41, 5.74) is 4.76. The minimum Gasteiger partial charge on any atom is -0.351 e. The molecule has 1 aromatic rings. The first kappa shape index (κ1) is 9.24. The highest BCUT2D eigenvalue weighted by Crippen LogP contribution is 1.93. The summed E-state index contributed by atoms with van der Waals surface area (Å²) in [5.74, 6) is 0.258. The standard InChI is InChI=1S/C7H10N4O2/c1-5-9-2-3-11(5)4-6(12)10-7(8)13/h2-3H,4H2,1H3,(H3,8,10,12,13). The summed E-state index contributed by atoms with van der Waals surface area (Å²) >= 11 is 0. The third-order valence-electron chi connectivity index (χ3n) is 1.50. The molecule has 13 heavy (non-hydrogen) atoms. The molecule has 6 nitrogen and oxygen atoms in total. The molecule has 1 aromatic heterocycles. The number of imide groups is 1. The van der Waals surface area contributed by atoms with E-state index in [-0.39, 0.29) is 6.54 Å².